The van der Waals surface area contributed by atoms with Crippen molar-refractivity contribution in [2.24, 2.45) is 0 Å². The van der Waals surface area contributed by atoms with Gasteiger partial charge in [0, 0.05) is 64.6 Å². The molecule has 5 rings (SSSR count). The molecule has 0 unspecified atom stereocenters. The number of nitrogens with zero attached hydrogens (tertiary/aromatic N) is 9. The molecule has 12 heteroatoms. The molecule has 2 N–H and O–H groups in total. The van der Waals surface area contributed by atoms with Crippen LogP contribution in [-0.2, 0) is 4.79 Å². The number of aromatic nitrogens is 7. The lowest BCUT2D eigenvalue weighted by molar-refractivity contribution is -0.123. The summed E-state index contributed by atoms with van der Waals surface area (Å²) in [4.78, 5) is 37.5. The van der Waals surface area contributed by atoms with Crippen LogP contribution in [0.25, 0.3) is 17.5 Å². The van der Waals surface area contributed by atoms with Crippen LogP contribution in [0.4, 0.5) is 17.5 Å². The lowest BCUT2D eigenvalue weighted by Crippen LogP contribution is -2.43. The van der Waals surface area contributed by atoms with Crippen LogP contribution >= 0.6 is 0 Å². The van der Waals surface area contributed by atoms with Crippen molar-refractivity contribution < 1.29 is 4.79 Å². The number of imidazole rings is 2. The smallest absolute Gasteiger partial charge is 0.246 e. The van der Waals surface area contributed by atoms with E-state index < -0.39 is 0 Å². The summed E-state index contributed by atoms with van der Waals surface area (Å²) in [5.41, 5.74) is 3.92. The molecule has 1 fully saturated rings. The third-order valence-corrected chi connectivity index (χ3v) is 7.25. The molecular formula is C32H45N11O. The number of carbonyl (C=O) groups is 1. The first-order valence-electron chi connectivity index (χ1n) is 15.0. The number of nitrogens with one attached hydrogen (secondary N) is 2. The largest absolute Gasteiger partial charge is 0.368 e. The van der Waals surface area contributed by atoms with Crippen molar-refractivity contribution in [2.75, 3.05) is 50.5 Å². The maximum absolute atomic E-state index is 11.4. The van der Waals surface area contributed by atoms with Crippen molar-refractivity contribution in [3.63, 3.8) is 0 Å². The summed E-state index contributed by atoms with van der Waals surface area (Å²) in [7, 11) is 3.47. The van der Waals surface area contributed by atoms with Gasteiger partial charge in [0.05, 0.1) is 41.4 Å². The third kappa shape index (κ3) is 8.07. The highest BCUT2D eigenvalue weighted by Gasteiger charge is 2.14. The van der Waals surface area contributed by atoms with Gasteiger partial charge in [0.15, 0.2) is 0 Å². The van der Waals surface area contributed by atoms with Gasteiger partial charge in [0.2, 0.25) is 11.9 Å². The Bertz CT molecular complexity index is 1540. The third-order valence-electron chi connectivity index (χ3n) is 7.25. The number of rotatable bonds is 8. The van der Waals surface area contributed by atoms with E-state index in [2.05, 4.69) is 83.3 Å². The summed E-state index contributed by atoms with van der Waals surface area (Å²) >= 11 is 0. The normalized spacial score (nSPS) is 13.4. The standard InChI is InChI=1S/C20H26N8.C12H19N3O/c1-14(2)28-15(3)23-13-18(28)17-6-7-22-20(25-17)26-19-5-4-16(12-24-19)27-10-8-21-9-11-27;1-9(2)15-10(3)13-8-11(15)6-7-12(16)14(4)5/h4-7,12-14,21H,8-11H2,1-3H3,(H,22,24,25,26);6-9H,1-5H3. The van der Waals surface area contributed by atoms with Crippen molar-refractivity contribution >= 4 is 29.4 Å². The van der Waals surface area contributed by atoms with Crippen LogP contribution in [0.1, 0.15) is 57.1 Å². The van der Waals surface area contributed by atoms with E-state index in [9.17, 15) is 4.79 Å². The van der Waals surface area contributed by atoms with Crippen molar-refractivity contribution in [3.8, 4) is 11.4 Å². The fraction of sp³-hybridized carbons (Fsp3) is 0.438. The van der Waals surface area contributed by atoms with E-state index in [4.69, 9.17) is 0 Å². The molecule has 1 aliphatic rings. The summed E-state index contributed by atoms with van der Waals surface area (Å²) in [6.07, 6.45) is 10.7. The molecule has 44 heavy (non-hydrogen) atoms. The van der Waals surface area contributed by atoms with Gasteiger partial charge in [-0.05, 0) is 65.8 Å². The van der Waals surface area contributed by atoms with Gasteiger partial charge in [0.1, 0.15) is 17.5 Å². The van der Waals surface area contributed by atoms with Gasteiger partial charge in [-0.3, -0.25) is 4.79 Å². The van der Waals surface area contributed by atoms with Crippen molar-refractivity contribution in [2.45, 2.75) is 53.6 Å². The molecule has 0 bridgehead atoms. The molecule has 0 saturated carbocycles. The molecule has 1 saturated heterocycles. The predicted octanol–water partition coefficient (Wildman–Crippen LogP) is 4.65. The molecule has 0 atom stereocenters. The number of carbonyl (C=O) groups excluding carboxylic acids is 1. The van der Waals surface area contributed by atoms with Crippen LogP contribution in [0, 0.1) is 13.8 Å². The molecular weight excluding hydrogens is 554 g/mol. The predicted molar refractivity (Wildman–Crippen MR) is 176 cm³/mol. The topological polar surface area (TPSA) is 122 Å². The Hall–Kier alpha value is -4.58. The molecule has 4 aromatic rings. The van der Waals surface area contributed by atoms with E-state index in [1.165, 1.54) is 0 Å². The van der Waals surface area contributed by atoms with Crippen molar-refractivity contribution in [1.29, 1.82) is 0 Å². The molecule has 5 heterocycles. The van der Waals surface area contributed by atoms with Crippen molar-refractivity contribution in [1.82, 2.24) is 44.3 Å². The first-order valence-corrected chi connectivity index (χ1v) is 15.0. The van der Waals surface area contributed by atoms with Crippen LogP contribution < -0.4 is 15.5 Å². The Labute approximate surface area is 260 Å². The number of piperazine rings is 1. The van der Waals surface area contributed by atoms with E-state index in [0.29, 0.717) is 18.0 Å². The molecule has 234 valence electrons. The average Bonchev–Trinajstić information content (AvgIpc) is 3.59. The van der Waals surface area contributed by atoms with Crippen LogP contribution in [0.3, 0.4) is 0 Å². The number of amides is 1. The number of anilines is 3. The van der Waals surface area contributed by atoms with Crippen LogP contribution in [0.2, 0.25) is 0 Å². The van der Waals surface area contributed by atoms with Gasteiger partial charge in [-0.15, -0.1) is 0 Å². The highest BCUT2D eigenvalue weighted by Crippen LogP contribution is 2.24. The summed E-state index contributed by atoms with van der Waals surface area (Å²) in [6, 6.07) is 6.61. The SMILES string of the molecule is Cc1ncc(-c2ccnc(Nc3ccc(N4CCNCC4)cn3)n2)n1C(C)C.Cc1ncc(C=CC(=O)N(C)C)n1C(C)C. The summed E-state index contributed by atoms with van der Waals surface area (Å²) in [5, 5.41) is 6.57. The van der Waals surface area contributed by atoms with Gasteiger partial charge in [-0.25, -0.2) is 24.9 Å². The molecule has 12 nitrogen and oxygen atoms in total. The Morgan fingerprint density at radius 2 is 1.59 bits per heavy atom. The second-order valence-electron chi connectivity index (χ2n) is 11.4. The summed E-state index contributed by atoms with van der Waals surface area (Å²) < 4.78 is 4.27. The number of aryl methyl sites for hydroxylation is 2. The van der Waals surface area contributed by atoms with E-state index >= 15 is 0 Å². The first-order chi connectivity index (χ1) is 21.0. The molecule has 0 spiro atoms. The van der Waals surface area contributed by atoms with Crippen LogP contribution in [0.15, 0.2) is 49.1 Å². The van der Waals surface area contributed by atoms with Crippen LogP contribution in [-0.4, -0.2) is 85.1 Å². The van der Waals surface area contributed by atoms with Crippen molar-refractivity contribution in [3.05, 3.63) is 66.4 Å². The quantitative estimate of drug-likeness (QED) is 0.279. The lowest BCUT2D eigenvalue weighted by Gasteiger charge is -2.29. The van der Waals surface area contributed by atoms with E-state index in [1.54, 1.807) is 37.5 Å². The average molecular weight is 600 g/mol. The van der Waals surface area contributed by atoms with Gasteiger partial charge >= 0.3 is 0 Å². The first kappa shape index (κ1) is 32.3. The number of pyridine rings is 1. The van der Waals surface area contributed by atoms with Gasteiger partial charge in [-0.1, -0.05) is 0 Å². The fourth-order valence-electron chi connectivity index (χ4n) is 5.11. The highest BCUT2D eigenvalue weighted by molar-refractivity contribution is 5.91. The lowest BCUT2D eigenvalue weighted by atomic mass is 10.2. The molecule has 4 aromatic heterocycles. The maximum Gasteiger partial charge on any atom is 0.246 e. The number of likely N-dealkylation sites (N-methyl/N-ethyl adjacent to an activating group) is 1. The second kappa shape index (κ2) is 14.7. The maximum atomic E-state index is 11.4. The Kier molecular flexibility index (Phi) is 10.8. The van der Waals surface area contributed by atoms with Crippen LogP contribution in [0.5, 0.6) is 0 Å². The zero-order valence-corrected chi connectivity index (χ0v) is 27.1. The minimum atomic E-state index is -0.0193. The Morgan fingerprint density at radius 1 is 0.909 bits per heavy atom. The molecule has 1 aliphatic heterocycles. The minimum absolute atomic E-state index is 0.0193. The molecule has 0 radical (unpaired) electrons. The summed E-state index contributed by atoms with van der Waals surface area (Å²) in [5.74, 6) is 3.17. The molecule has 0 aromatic carbocycles. The Morgan fingerprint density at radius 3 is 2.23 bits per heavy atom. The van der Waals surface area contributed by atoms with Gasteiger partial charge in [0.25, 0.3) is 0 Å². The highest BCUT2D eigenvalue weighted by atomic mass is 16.2. The fourth-order valence-corrected chi connectivity index (χ4v) is 5.11. The van der Waals surface area contributed by atoms with E-state index in [-0.39, 0.29) is 5.91 Å². The molecule has 0 aliphatic carbocycles. The zero-order chi connectivity index (χ0) is 31.8. The van der Waals surface area contributed by atoms with E-state index in [1.807, 2.05) is 44.4 Å². The monoisotopic (exact) mass is 599 g/mol. The minimum Gasteiger partial charge on any atom is -0.368 e. The second-order valence-corrected chi connectivity index (χ2v) is 11.4. The zero-order valence-electron chi connectivity index (χ0n) is 27.1. The molecule has 1 amide bonds. The van der Waals surface area contributed by atoms with Gasteiger partial charge in [-0.2, -0.15) is 0 Å². The van der Waals surface area contributed by atoms with Gasteiger partial charge < -0.3 is 29.6 Å². The number of hydrogen-bond donors (Lipinski definition) is 2. The summed E-state index contributed by atoms with van der Waals surface area (Å²) in [6.45, 7) is 16.5. The number of hydrogen-bond acceptors (Lipinski definition) is 9. The van der Waals surface area contributed by atoms with E-state index in [0.717, 1.165) is 66.4 Å². The Balaban J connectivity index is 0.000000236.